The first-order valence-corrected chi connectivity index (χ1v) is 6.19. The fourth-order valence-electron chi connectivity index (χ4n) is 2.32. The second-order valence-corrected chi connectivity index (χ2v) is 4.64. The van der Waals surface area contributed by atoms with Crippen molar-refractivity contribution in [3.05, 3.63) is 23.8 Å². The molecule has 1 aromatic rings. The number of hydrogen-bond acceptors (Lipinski definition) is 5. The molecule has 0 radical (unpaired) electrons. The number of benzene rings is 1. The molecule has 0 spiro atoms. The summed E-state index contributed by atoms with van der Waals surface area (Å²) in [6, 6.07) is 4.78. The Hall–Kier alpha value is -1.30. The van der Waals surface area contributed by atoms with E-state index in [2.05, 4.69) is 4.90 Å². The van der Waals surface area contributed by atoms with Gasteiger partial charge in [-0.2, -0.15) is 0 Å². The zero-order valence-corrected chi connectivity index (χ0v) is 10.5. The lowest BCUT2D eigenvalue weighted by atomic mass is 10.0. The van der Waals surface area contributed by atoms with Crippen LogP contribution in [0, 0.1) is 0 Å². The Morgan fingerprint density at radius 3 is 2.94 bits per heavy atom. The number of morpholine rings is 1. The Morgan fingerprint density at radius 1 is 1.50 bits per heavy atom. The van der Waals surface area contributed by atoms with Gasteiger partial charge in [-0.05, 0) is 13.0 Å². The molecular formula is C13H20N2O3. The number of nitrogens with zero attached hydrogens (tertiary/aromatic N) is 1. The highest BCUT2D eigenvalue weighted by Gasteiger charge is 2.25. The molecule has 2 atom stereocenters. The highest BCUT2D eigenvalue weighted by Crippen LogP contribution is 2.31. The number of phenols is 2. The largest absolute Gasteiger partial charge is 0.508 e. The van der Waals surface area contributed by atoms with Gasteiger partial charge in [0.15, 0.2) is 0 Å². The minimum absolute atomic E-state index is 0.0560. The first-order chi connectivity index (χ1) is 8.61. The standard InChI is InChI=1S/C13H20N2O3/c1-9(12-3-2-10(16)6-13(12)17)15-4-5-18-11(7-14)8-15/h2-3,6,9,11,16-17H,4-5,7-8,14H2,1H3. The number of aromatic hydroxyl groups is 2. The molecular weight excluding hydrogens is 232 g/mol. The van der Waals surface area contributed by atoms with Crippen LogP contribution < -0.4 is 5.73 Å². The van der Waals surface area contributed by atoms with E-state index in [0.717, 1.165) is 18.7 Å². The van der Waals surface area contributed by atoms with Gasteiger partial charge in [-0.15, -0.1) is 0 Å². The van der Waals surface area contributed by atoms with Crippen LogP contribution in [-0.4, -0.2) is 47.5 Å². The molecule has 5 nitrogen and oxygen atoms in total. The summed E-state index contributed by atoms with van der Waals surface area (Å²) in [7, 11) is 0. The van der Waals surface area contributed by atoms with Crippen molar-refractivity contribution in [2.24, 2.45) is 5.73 Å². The fraction of sp³-hybridized carbons (Fsp3) is 0.538. The van der Waals surface area contributed by atoms with Gasteiger partial charge in [0.1, 0.15) is 11.5 Å². The van der Waals surface area contributed by atoms with Gasteiger partial charge >= 0.3 is 0 Å². The average Bonchev–Trinajstić information content (AvgIpc) is 2.38. The van der Waals surface area contributed by atoms with Gasteiger partial charge in [0.25, 0.3) is 0 Å². The lowest BCUT2D eigenvalue weighted by Gasteiger charge is -2.36. The summed E-state index contributed by atoms with van der Waals surface area (Å²) in [5.74, 6) is 0.198. The molecule has 0 aromatic heterocycles. The van der Waals surface area contributed by atoms with E-state index in [9.17, 15) is 10.2 Å². The van der Waals surface area contributed by atoms with Gasteiger partial charge in [-0.25, -0.2) is 0 Å². The van der Waals surface area contributed by atoms with E-state index in [1.807, 2.05) is 6.92 Å². The van der Waals surface area contributed by atoms with Crippen LogP contribution >= 0.6 is 0 Å². The Morgan fingerprint density at radius 2 is 2.28 bits per heavy atom. The average molecular weight is 252 g/mol. The molecule has 4 N–H and O–H groups in total. The summed E-state index contributed by atoms with van der Waals surface area (Å²) >= 11 is 0. The first-order valence-electron chi connectivity index (χ1n) is 6.19. The van der Waals surface area contributed by atoms with Gasteiger partial charge in [-0.3, -0.25) is 4.90 Å². The molecule has 0 aliphatic carbocycles. The second kappa shape index (κ2) is 5.56. The van der Waals surface area contributed by atoms with Crippen molar-refractivity contribution < 1.29 is 14.9 Å². The number of hydrogen-bond donors (Lipinski definition) is 3. The van der Waals surface area contributed by atoms with Crippen LogP contribution in [0.25, 0.3) is 0 Å². The third-order valence-corrected chi connectivity index (χ3v) is 3.44. The highest BCUT2D eigenvalue weighted by molar-refractivity contribution is 5.40. The Bertz CT molecular complexity index is 411. The van der Waals surface area contributed by atoms with E-state index in [0.29, 0.717) is 13.2 Å². The summed E-state index contributed by atoms with van der Waals surface area (Å²) in [6.07, 6.45) is 0.0560. The van der Waals surface area contributed by atoms with Crippen LogP contribution in [0.4, 0.5) is 0 Å². The van der Waals surface area contributed by atoms with E-state index in [-0.39, 0.29) is 23.6 Å². The normalized spacial score (nSPS) is 22.9. The zero-order valence-electron chi connectivity index (χ0n) is 10.5. The molecule has 5 heteroatoms. The monoisotopic (exact) mass is 252 g/mol. The number of rotatable bonds is 3. The van der Waals surface area contributed by atoms with E-state index < -0.39 is 0 Å². The molecule has 2 rings (SSSR count). The van der Waals surface area contributed by atoms with Crippen molar-refractivity contribution in [3.8, 4) is 11.5 Å². The van der Waals surface area contributed by atoms with Crippen LogP contribution in [0.3, 0.4) is 0 Å². The molecule has 1 aliphatic rings. The van der Waals surface area contributed by atoms with Crippen molar-refractivity contribution >= 4 is 0 Å². The SMILES string of the molecule is CC(c1ccc(O)cc1O)N1CCOC(CN)C1. The van der Waals surface area contributed by atoms with E-state index >= 15 is 0 Å². The highest BCUT2D eigenvalue weighted by atomic mass is 16.5. The van der Waals surface area contributed by atoms with Crippen LogP contribution in [-0.2, 0) is 4.74 Å². The quantitative estimate of drug-likeness (QED) is 0.742. The van der Waals surface area contributed by atoms with Crippen LogP contribution in [0.5, 0.6) is 11.5 Å². The lowest BCUT2D eigenvalue weighted by Crippen LogP contribution is -2.46. The minimum Gasteiger partial charge on any atom is -0.508 e. The van der Waals surface area contributed by atoms with Gasteiger partial charge in [-0.1, -0.05) is 6.07 Å². The summed E-state index contributed by atoms with van der Waals surface area (Å²) in [5, 5.41) is 19.2. The molecule has 0 amide bonds. The maximum absolute atomic E-state index is 9.87. The van der Waals surface area contributed by atoms with Crippen molar-refractivity contribution in [2.45, 2.75) is 19.1 Å². The van der Waals surface area contributed by atoms with E-state index in [4.69, 9.17) is 10.5 Å². The summed E-state index contributed by atoms with van der Waals surface area (Å²) in [4.78, 5) is 2.23. The van der Waals surface area contributed by atoms with Crippen molar-refractivity contribution in [1.82, 2.24) is 4.90 Å². The van der Waals surface area contributed by atoms with Gasteiger partial charge < -0.3 is 20.7 Å². The number of phenolic OH excluding ortho intramolecular Hbond substituents is 2. The smallest absolute Gasteiger partial charge is 0.124 e. The van der Waals surface area contributed by atoms with Crippen LogP contribution in [0.1, 0.15) is 18.5 Å². The minimum atomic E-state index is 0.0560. The molecule has 1 saturated heterocycles. The van der Waals surface area contributed by atoms with E-state index in [1.165, 1.54) is 6.07 Å². The number of ether oxygens (including phenoxy) is 1. The van der Waals surface area contributed by atoms with Crippen molar-refractivity contribution in [2.75, 3.05) is 26.2 Å². The fourth-order valence-corrected chi connectivity index (χ4v) is 2.32. The molecule has 1 fully saturated rings. The molecule has 1 aliphatic heterocycles. The molecule has 18 heavy (non-hydrogen) atoms. The molecule has 1 heterocycles. The summed E-state index contributed by atoms with van der Waals surface area (Å²) in [5.41, 5.74) is 6.43. The third kappa shape index (κ3) is 2.75. The molecule has 1 aromatic carbocycles. The predicted molar refractivity (Wildman–Crippen MR) is 68.6 cm³/mol. The third-order valence-electron chi connectivity index (χ3n) is 3.44. The maximum Gasteiger partial charge on any atom is 0.124 e. The molecule has 0 bridgehead atoms. The lowest BCUT2D eigenvalue weighted by molar-refractivity contribution is -0.0367. The molecule has 100 valence electrons. The number of nitrogens with two attached hydrogens (primary N) is 1. The van der Waals surface area contributed by atoms with Gasteiger partial charge in [0.2, 0.25) is 0 Å². The maximum atomic E-state index is 9.87. The Balaban J connectivity index is 2.12. The Labute approximate surface area is 107 Å². The molecule has 2 unspecified atom stereocenters. The zero-order chi connectivity index (χ0) is 13.1. The van der Waals surface area contributed by atoms with Crippen LogP contribution in [0.15, 0.2) is 18.2 Å². The van der Waals surface area contributed by atoms with Crippen molar-refractivity contribution in [3.63, 3.8) is 0 Å². The topological polar surface area (TPSA) is 79.0 Å². The van der Waals surface area contributed by atoms with Gasteiger partial charge in [0.05, 0.1) is 12.7 Å². The predicted octanol–water partition coefficient (Wildman–Crippen LogP) is 0.818. The van der Waals surface area contributed by atoms with Crippen LogP contribution in [0.2, 0.25) is 0 Å². The van der Waals surface area contributed by atoms with E-state index in [1.54, 1.807) is 12.1 Å². The van der Waals surface area contributed by atoms with Crippen molar-refractivity contribution in [1.29, 1.82) is 0 Å². The first kappa shape index (κ1) is 13.1. The summed E-state index contributed by atoms with van der Waals surface area (Å²) in [6.45, 7) is 4.77. The Kier molecular flexibility index (Phi) is 4.06. The summed E-state index contributed by atoms with van der Waals surface area (Å²) < 4.78 is 5.52. The molecule has 0 saturated carbocycles. The second-order valence-electron chi connectivity index (χ2n) is 4.64. The van der Waals surface area contributed by atoms with Gasteiger partial charge in [0, 0.05) is 37.3 Å².